The van der Waals surface area contributed by atoms with E-state index in [0.29, 0.717) is 43.7 Å². The Balaban J connectivity index is 1.68. The highest BCUT2D eigenvalue weighted by Gasteiger charge is 2.18. The van der Waals surface area contributed by atoms with Gasteiger partial charge in [0.2, 0.25) is 0 Å². The van der Waals surface area contributed by atoms with Gasteiger partial charge in [0.05, 0.1) is 0 Å². The second-order valence-corrected chi connectivity index (χ2v) is 8.42. The predicted octanol–water partition coefficient (Wildman–Crippen LogP) is 5.03. The van der Waals surface area contributed by atoms with Crippen molar-refractivity contribution in [3.8, 4) is 0 Å². The number of rotatable bonds is 11. The average Bonchev–Trinajstić information content (AvgIpc) is 2.89. The molecule has 6 nitrogen and oxygen atoms in total. The van der Waals surface area contributed by atoms with Crippen LogP contribution in [0.2, 0.25) is 0 Å². The van der Waals surface area contributed by atoms with Crippen molar-refractivity contribution in [1.82, 2.24) is 9.80 Å². The van der Waals surface area contributed by atoms with Crippen LogP contribution >= 0.6 is 0 Å². The summed E-state index contributed by atoms with van der Waals surface area (Å²) in [7, 11) is 0. The van der Waals surface area contributed by atoms with Crippen LogP contribution < -0.4 is 0 Å². The van der Waals surface area contributed by atoms with Crippen molar-refractivity contribution in [2.75, 3.05) is 13.1 Å². The topological polar surface area (TPSA) is 77.9 Å². The molecule has 0 aliphatic carbocycles. The largest absolute Gasteiger partial charge is 0.481 e. The third kappa shape index (κ3) is 7.27. The zero-order valence-corrected chi connectivity index (χ0v) is 20.3. The summed E-state index contributed by atoms with van der Waals surface area (Å²) in [4.78, 5) is 40.5. The molecule has 0 atom stereocenters. The first-order valence-corrected chi connectivity index (χ1v) is 11.9. The van der Waals surface area contributed by atoms with Gasteiger partial charge in [-0.05, 0) is 61.2 Å². The van der Waals surface area contributed by atoms with E-state index in [4.69, 9.17) is 5.11 Å². The number of hydrogen-bond acceptors (Lipinski definition) is 3. The molecule has 2 amide bonds. The van der Waals surface area contributed by atoms with E-state index in [2.05, 4.69) is 0 Å². The fraction of sp³-hybridized carbons (Fsp3) is 0.276. The molecule has 35 heavy (non-hydrogen) atoms. The number of carbonyl (C=O) groups is 3. The molecule has 0 aromatic heterocycles. The number of hydrogen-bond donors (Lipinski definition) is 1. The lowest BCUT2D eigenvalue weighted by Gasteiger charge is -2.23. The van der Waals surface area contributed by atoms with E-state index in [9.17, 15) is 14.4 Å². The second kappa shape index (κ2) is 12.5. The number of amides is 2. The zero-order chi connectivity index (χ0) is 25.2. The second-order valence-electron chi connectivity index (χ2n) is 8.42. The molecule has 6 heteroatoms. The van der Waals surface area contributed by atoms with Crippen LogP contribution in [0.25, 0.3) is 0 Å². The fourth-order valence-corrected chi connectivity index (χ4v) is 3.91. The normalized spacial score (nSPS) is 10.6. The minimum atomic E-state index is -0.814. The van der Waals surface area contributed by atoms with Gasteiger partial charge >= 0.3 is 5.97 Å². The van der Waals surface area contributed by atoms with Gasteiger partial charge in [0.25, 0.3) is 11.8 Å². The van der Waals surface area contributed by atoms with Gasteiger partial charge in [-0.25, -0.2) is 0 Å². The molecule has 1 N–H and O–H groups in total. The molecule has 0 radical (unpaired) electrons. The van der Waals surface area contributed by atoms with Crippen LogP contribution in [0.5, 0.6) is 0 Å². The number of nitrogens with zero attached hydrogens (tertiary/aromatic N) is 2. The van der Waals surface area contributed by atoms with E-state index in [-0.39, 0.29) is 18.2 Å². The van der Waals surface area contributed by atoms with Crippen LogP contribution in [-0.2, 0) is 24.3 Å². The number of benzene rings is 3. The van der Waals surface area contributed by atoms with Gasteiger partial charge in [-0.3, -0.25) is 14.4 Å². The molecule has 0 bridgehead atoms. The molecule has 0 heterocycles. The minimum Gasteiger partial charge on any atom is -0.481 e. The predicted molar refractivity (Wildman–Crippen MR) is 136 cm³/mol. The average molecular weight is 473 g/mol. The minimum absolute atomic E-state index is 0.0354. The molecule has 0 unspecified atom stereocenters. The van der Waals surface area contributed by atoms with Crippen LogP contribution in [0, 0.1) is 0 Å². The van der Waals surface area contributed by atoms with Gasteiger partial charge in [0.15, 0.2) is 0 Å². The Kier molecular flexibility index (Phi) is 9.18. The Morgan fingerprint density at radius 3 is 1.80 bits per heavy atom. The maximum Gasteiger partial charge on any atom is 0.303 e. The van der Waals surface area contributed by atoms with E-state index in [1.165, 1.54) is 0 Å². The lowest BCUT2D eigenvalue weighted by Crippen LogP contribution is -2.31. The summed E-state index contributed by atoms with van der Waals surface area (Å²) in [5.41, 5.74) is 4.09. The summed E-state index contributed by atoms with van der Waals surface area (Å²) in [6.07, 6.45) is 0.585. The van der Waals surface area contributed by atoms with E-state index >= 15 is 0 Å². The zero-order valence-electron chi connectivity index (χ0n) is 20.3. The van der Waals surface area contributed by atoms with Crippen LogP contribution in [0.4, 0.5) is 0 Å². The van der Waals surface area contributed by atoms with Gasteiger partial charge < -0.3 is 14.9 Å². The SMILES string of the molecule is CCN(Cc1cccc(C(=O)N(CC)Cc2ccc(CCC(=O)O)cc2)c1)C(=O)c1ccccc1. The maximum atomic E-state index is 13.3. The van der Waals surface area contributed by atoms with Crippen LogP contribution in [0.3, 0.4) is 0 Å². The summed E-state index contributed by atoms with van der Waals surface area (Å²) >= 11 is 0. The molecule has 0 saturated carbocycles. The van der Waals surface area contributed by atoms with Gasteiger partial charge in [0, 0.05) is 43.7 Å². The van der Waals surface area contributed by atoms with Crippen molar-refractivity contribution in [1.29, 1.82) is 0 Å². The van der Waals surface area contributed by atoms with E-state index < -0.39 is 5.97 Å². The quantitative estimate of drug-likeness (QED) is 0.425. The number of carboxylic acids is 1. The number of carboxylic acid groups (broad SMARTS) is 1. The molecule has 3 rings (SSSR count). The monoisotopic (exact) mass is 472 g/mol. The highest BCUT2D eigenvalue weighted by atomic mass is 16.4. The van der Waals surface area contributed by atoms with Crippen molar-refractivity contribution < 1.29 is 19.5 Å². The molecule has 0 fully saturated rings. The first kappa shape index (κ1) is 25.7. The Hall–Kier alpha value is -3.93. The molecular formula is C29H32N2O4. The van der Waals surface area contributed by atoms with Crippen molar-refractivity contribution in [3.05, 3.63) is 107 Å². The van der Waals surface area contributed by atoms with Crippen LogP contribution in [-0.4, -0.2) is 45.8 Å². The third-order valence-electron chi connectivity index (χ3n) is 5.93. The van der Waals surface area contributed by atoms with Crippen LogP contribution in [0.1, 0.15) is 57.7 Å². The summed E-state index contributed by atoms with van der Waals surface area (Å²) < 4.78 is 0. The number of aryl methyl sites for hydroxylation is 1. The first-order chi connectivity index (χ1) is 16.9. The maximum absolute atomic E-state index is 13.3. The van der Waals surface area contributed by atoms with Crippen molar-refractivity contribution >= 4 is 17.8 Å². The van der Waals surface area contributed by atoms with E-state index in [1.807, 2.05) is 86.6 Å². The highest BCUT2D eigenvalue weighted by Crippen LogP contribution is 2.16. The van der Waals surface area contributed by atoms with Gasteiger partial charge in [0.1, 0.15) is 0 Å². The van der Waals surface area contributed by atoms with Gasteiger partial charge in [-0.2, -0.15) is 0 Å². The standard InChI is InChI=1S/C29H32N2O4/c1-3-30(20-23-15-13-22(14-16-23)17-18-27(32)33)29(35)26-12-8-9-24(19-26)21-31(4-2)28(34)25-10-6-5-7-11-25/h5-16,19H,3-4,17-18,20-21H2,1-2H3,(H,32,33). The van der Waals surface area contributed by atoms with Crippen molar-refractivity contribution in [2.24, 2.45) is 0 Å². The third-order valence-corrected chi connectivity index (χ3v) is 5.93. The summed E-state index contributed by atoms with van der Waals surface area (Å²) in [6.45, 7) is 5.90. The molecular weight excluding hydrogens is 440 g/mol. The Bertz CT molecular complexity index is 1140. The smallest absolute Gasteiger partial charge is 0.303 e. The van der Waals surface area contributed by atoms with E-state index in [1.54, 1.807) is 15.9 Å². The van der Waals surface area contributed by atoms with Crippen molar-refractivity contribution in [2.45, 2.75) is 39.8 Å². The Morgan fingerprint density at radius 1 is 0.657 bits per heavy atom. The molecule has 3 aromatic rings. The van der Waals surface area contributed by atoms with Crippen LogP contribution in [0.15, 0.2) is 78.9 Å². The molecule has 0 aliphatic rings. The summed E-state index contributed by atoms with van der Waals surface area (Å²) in [5, 5.41) is 8.85. The van der Waals surface area contributed by atoms with Gasteiger partial charge in [-0.1, -0.05) is 54.6 Å². The first-order valence-electron chi connectivity index (χ1n) is 11.9. The molecule has 0 aliphatic heterocycles. The lowest BCUT2D eigenvalue weighted by atomic mass is 10.1. The van der Waals surface area contributed by atoms with Gasteiger partial charge in [-0.15, -0.1) is 0 Å². The lowest BCUT2D eigenvalue weighted by molar-refractivity contribution is -0.136. The fourth-order valence-electron chi connectivity index (χ4n) is 3.91. The molecule has 0 saturated heterocycles. The summed E-state index contributed by atoms with van der Waals surface area (Å²) in [6, 6.07) is 24.4. The molecule has 0 spiro atoms. The molecule has 3 aromatic carbocycles. The van der Waals surface area contributed by atoms with Crippen molar-refractivity contribution in [3.63, 3.8) is 0 Å². The van der Waals surface area contributed by atoms with E-state index in [0.717, 1.165) is 16.7 Å². The number of carbonyl (C=O) groups excluding carboxylic acids is 2. The molecule has 182 valence electrons. The highest BCUT2D eigenvalue weighted by molar-refractivity contribution is 5.95. The number of aliphatic carboxylic acids is 1. The summed E-state index contributed by atoms with van der Waals surface area (Å²) in [5.74, 6) is -0.917. The Labute approximate surface area is 206 Å². The Morgan fingerprint density at radius 2 is 1.20 bits per heavy atom.